The molecule has 2 aromatic rings. The molecule has 0 bridgehead atoms. The van der Waals surface area contributed by atoms with Crippen LogP contribution >= 0.6 is 23.2 Å². The number of likely N-dealkylation sites (tertiary alicyclic amines) is 1. The molecule has 0 aliphatic carbocycles. The minimum absolute atomic E-state index is 0.0384. The van der Waals surface area contributed by atoms with Crippen LogP contribution in [0.3, 0.4) is 0 Å². The van der Waals surface area contributed by atoms with Gasteiger partial charge in [-0.25, -0.2) is 4.39 Å². The van der Waals surface area contributed by atoms with Crippen LogP contribution in [0.15, 0.2) is 36.4 Å². The molecule has 1 saturated heterocycles. The Labute approximate surface area is 250 Å². The number of carbonyl (C=O) groups is 2. The summed E-state index contributed by atoms with van der Waals surface area (Å²) in [5.74, 6) is -0.415. The number of nitrogens with zero attached hydrogens (tertiary/aromatic N) is 1. The Bertz CT molecular complexity index is 1010. The van der Waals surface area contributed by atoms with Crippen molar-refractivity contribution in [3.8, 4) is 0 Å². The average Bonchev–Trinajstić information content (AvgIpc) is 2.90. The van der Waals surface area contributed by atoms with Gasteiger partial charge in [0.1, 0.15) is 5.82 Å². The monoisotopic (exact) mass is 596 g/mol. The molecule has 1 fully saturated rings. The van der Waals surface area contributed by atoms with Crippen LogP contribution in [0.1, 0.15) is 77.3 Å². The normalized spacial score (nSPS) is 14.1. The van der Waals surface area contributed by atoms with E-state index in [0.717, 1.165) is 31.5 Å². The molecule has 1 heterocycles. The van der Waals surface area contributed by atoms with E-state index in [1.165, 1.54) is 38.4 Å². The van der Waals surface area contributed by atoms with E-state index in [1.807, 2.05) is 13.0 Å². The molecule has 3 N–H and O–H groups in total. The minimum Gasteiger partial charge on any atom is -0.359 e. The number of anilines is 1. The number of halogens is 3. The first-order valence-corrected chi connectivity index (χ1v) is 14.7. The molecular weight excluding hydrogens is 550 g/mol. The van der Waals surface area contributed by atoms with Gasteiger partial charge in [0.2, 0.25) is 12.8 Å². The molecule has 1 aliphatic heterocycles. The summed E-state index contributed by atoms with van der Waals surface area (Å²) in [6.45, 7) is 16.2. The maximum Gasteiger partial charge on any atom is 0.211 e. The zero-order valence-electron chi connectivity index (χ0n) is 24.7. The molecule has 0 spiro atoms. The van der Waals surface area contributed by atoms with E-state index in [0.29, 0.717) is 41.2 Å². The predicted octanol–water partition coefficient (Wildman–Crippen LogP) is 7.25. The molecule has 0 radical (unpaired) electrons. The highest BCUT2D eigenvalue weighted by atomic mass is 35.5. The van der Waals surface area contributed by atoms with Gasteiger partial charge in [0.25, 0.3) is 0 Å². The molecule has 0 aromatic heterocycles. The largest absolute Gasteiger partial charge is 0.359 e. The van der Waals surface area contributed by atoms with Gasteiger partial charge >= 0.3 is 0 Å². The second kappa shape index (κ2) is 19.8. The van der Waals surface area contributed by atoms with Crippen molar-refractivity contribution < 1.29 is 14.0 Å². The maximum atomic E-state index is 14.0. The van der Waals surface area contributed by atoms with Gasteiger partial charge in [-0.3, -0.25) is 9.59 Å². The van der Waals surface area contributed by atoms with Gasteiger partial charge < -0.3 is 20.9 Å². The highest BCUT2D eigenvalue weighted by molar-refractivity contribution is 6.31. The van der Waals surface area contributed by atoms with Crippen molar-refractivity contribution in [1.29, 1.82) is 0 Å². The number of benzene rings is 2. The molecule has 1 unspecified atom stereocenters. The molecule has 2 amide bonds. The molecule has 1 aliphatic rings. The van der Waals surface area contributed by atoms with Gasteiger partial charge in [0.15, 0.2) is 0 Å². The molecular formula is C31H47Cl2FN4O2. The summed E-state index contributed by atoms with van der Waals surface area (Å²) in [6.07, 6.45) is 6.55. The zero-order chi connectivity index (χ0) is 30.0. The van der Waals surface area contributed by atoms with E-state index in [-0.39, 0.29) is 16.8 Å². The molecule has 0 saturated carbocycles. The summed E-state index contributed by atoms with van der Waals surface area (Å²) in [5.41, 5.74) is 2.63. The molecule has 3 rings (SSSR count). The first-order chi connectivity index (χ1) is 19.0. The Morgan fingerprint density at radius 3 is 2.33 bits per heavy atom. The fourth-order valence-corrected chi connectivity index (χ4v) is 4.34. The van der Waals surface area contributed by atoms with Crippen LogP contribution in [0.4, 0.5) is 10.1 Å². The molecule has 9 heteroatoms. The number of carbonyl (C=O) groups excluding carboxylic acids is 2. The number of nitrogens with one attached hydrogen (secondary N) is 3. The third kappa shape index (κ3) is 16.2. The molecule has 1 atom stereocenters. The lowest BCUT2D eigenvalue weighted by molar-refractivity contribution is -0.109. The Kier molecular flexibility index (Phi) is 17.8. The Hall–Kier alpha value is -2.19. The van der Waals surface area contributed by atoms with E-state index in [9.17, 15) is 14.0 Å². The smallest absolute Gasteiger partial charge is 0.211 e. The molecule has 6 nitrogen and oxygen atoms in total. The Morgan fingerprint density at radius 1 is 1.02 bits per heavy atom. The summed E-state index contributed by atoms with van der Waals surface area (Å²) in [4.78, 5) is 23.1. The molecule has 40 heavy (non-hydrogen) atoms. The SMILES string of the molecule is CC(C)(C)C.CC(CNCc1ccc(Cl)cc1NC=O)c1cccc(Cl)c1F.O=CNCCCN1CCCCC1. The van der Waals surface area contributed by atoms with Gasteiger partial charge in [-0.15, -0.1) is 0 Å². The first-order valence-electron chi connectivity index (χ1n) is 14.0. The highest BCUT2D eigenvalue weighted by Crippen LogP contribution is 2.25. The van der Waals surface area contributed by atoms with Crippen LogP contribution in [0, 0.1) is 11.2 Å². The van der Waals surface area contributed by atoms with Gasteiger partial charge in [-0.1, -0.05) is 82.4 Å². The van der Waals surface area contributed by atoms with E-state index < -0.39 is 0 Å². The van der Waals surface area contributed by atoms with Gasteiger partial charge in [0, 0.05) is 30.3 Å². The first kappa shape index (κ1) is 35.8. The van der Waals surface area contributed by atoms with Crippen molar-refractivity contribution in [2.24, 2.45) is 5.41 Å². The summed E-state index contributed by atoms with van der Waals surface area (Å²) < 4.78 is 14.0. The van der Waals surface area contributed by atoms with Crippen molar-refractivity contribution in [3.05, 3.63) is 63.4 Å². The van der Waals surface area contributed by atoms with E-state index in [4.69, 9.17) is 23.2 Å². The van der Waals surface area contributed by atoms with Crippen LogP contribution in [0.2, 0.25) is 10.0 Å². The van der Waals surface area contributed by atoms with Gasteiger partial charge in [0.05, 0.1) is 5.02 Å². The van der Waals surface area contributed by atoms with Crippen molar-refractivity contribution in [2.45, 2.75) is 72.8 Å². The third-order valence-corrected chi connectivity index (χ3v) is 6.42. The predicted molar refractivity (Wildman–Crippen MR) is 167 cm³/mol. The summed E-state index contributed by atoms with van der Waals surface area (Å²) >= 11 is 11.7. The zero-order valence-corrected chi connectivity index (χ0v) is 26.2. The van der Waals surface area contributed by atoms with E-state index in [1.54, 1.807) is 24.3 Å². The molecule has 2 aromatic carbocycles. The Morgan fingerprint density at radius 2 is 1.70 bits per heavy atom. The summed E-state index contributed by atoms with van der Waals surface area (Å²) in [6, 6.07) is 10.3. The average molecular weight is 598 g/mol. The lowest BCUT2D eigenvalue weighted by Gasteiger charge is -2.26. The van der Waals surface area contributed by atoms with E-state index >= 15 is 0 Å². The second-order valence-corrected chi connectivity index (χ2v) is 12.4. The second-order valence-electron chi connectivity index (χ2n) is 11.6. The van der Waals surface area contributed by atoms with Crippen LogP contribution < -0.4 is 16.0 Å². The van der Waals surface area contributed by atoms with Crippen molar-refractivity contribution in [1.82, 2.24) is 15.5 Å². The van der Waals surface area contributed by atoms with Gasteiger partial charge in [-0.2, -0.15) is 0 Å². The van der Waals surface area contributed by atoms with Crippen LogP contribution in [-0.4, -0.2) is 50.4 Å². The summed E-state index contributed by atoms with van der Waals surface area (Å²) in [5, 5.41) is 9.24. The lowest BCUT2D eigenvalue weighted by atomic mass is 10.0. The number of amides is 2. The quantitative estimate of drug-likeness (QED) is 0.178. The van der Waals surface area contributed by atoms with Crippen LogP contribution in [0.5, 0.6) is 0 Å². The maximum absolute atomic E-state index is 14.0. The third-order valence-electron chi connectivity index (χ3n) is 5.89. The molecule has 224 valence electrons. The standard InChI is InChI=1S/C17H17Cl2FN2O.C9H18N2O.C5H12/c1-11(14-3-2-4-15(19)17(14)20)8-21-9-12-5-6-13(18)7-16(12)22-10-23;12-9-10-5-4-8-11-6-2-1-3-7-11;1-5(2,3)4/h2-7,10-11,21H,8-9H2,1H3,(H,22,23);9H,1-8H2,(H,10,12);1-4H3. The van der Waals surface area contributed by atoms with Crippen molar-refractivity contribution in [2.75, 3.05) is 38.0 Å². The minimum atomic E-state index is -0.377. The fraction of sp³-hybridized carbons (Fsp3) is 0.548. The van der Waals surface area contributed by atoms with Gasteiger partial charge in [-0.05, 0) is 79.6 Å². The Balaban J connectivity index is 0.000000391. The number of hydrogen-bond acceptors (Lipinski definition) is 4. The topological polar surface area (TPSA) is 73.5 Å². The van der Waals surface area contributed by atoms with Crippen molar-refractivity contribution in [3.63, 3.8) is 0 Å². The van der Waals surface area contributed by atoms with Crippen LogP contribution in [0.25, 0.3) is 0 Å². The van der Waals surface area contributed by atoms with Crippen LogP contribution in [-0.2, 0) is 16.1 Å². The fourth-order valence-electron chi connectivity index (χ4n) is 3.98. The number of hydrogen-bond donors (Lipinski definition) is 3. The van der Waals surface area contributed by atoms with Crippen molar-refractivity contribution >= 4 is 41.7 Å². The highest BCUT2D eigenvalue weighted by Gasteiger charge is 2.13. The number of rotatable bonds is 12. The summed E-state index contributed by atoms with van der Waals surface area (Å²) in [7, 11) is 0. The number of piperidine rings is 1. The lowest BCUT2D eigenvalue weighted by Crippen LogP contribution is -2.32. The van der Waals surface area contributed by atoms with E-state index in [2.05, 4.69) is 48.5 Å².